The van der Waals surface area contributed by atoms with Gasteiger partial charge in [0.1, 0.15) is 11.5 Å². The number of methoxy groups -OCH3 is 2. The average Bonchev–Trinajstić information content (AvgIpc) is 2.83. The summed E-state index contributed by atoms with van der Waals surface area (Å²) in [5, 5.41) is 3.44. The maximum absolute atomic E-state index is 13.1. The second kappa shape index (κ2) is 11.7. The monoisotopic (exact) mass is 471 g/mol. The van der Waals surface area contributed by atoms with Gasteiger partial charge in [-0.1, -0.05) is 23.9 Å². The summed E-state index contributed by atoms with van der Waals surface area (Å²) in [6.07, 6.45) is 0.672. The van der Waals surface area contributed by atoms with Crippen LogP contribution in [0, 0.1) is 0 Å². The highest BCUT2D eigenvalue weighted by atomic mass is 32.2. The molecule has 0 fully saturated rings. The normalized spacial score (nSPS) is 11.9. The van der Waals surface area contributed by atoms with Crippen molar-refractivity contribution in [3.05, 3.63) is 52.8 Å². The van der Waals surface area contributed by atoms with Crippen LogP contribution in [0.5, 0.6) is 11.5 Å². The number of nitrogens with zero attached hydrogens (tertiary/aromatic N) is 2. The highest BCUT2D eigenvalue weighted by Crippen LogP contribution is 2.28. The summed E-state index contributed by atoms with van der Waals surface area (Å²) in [5.74, 6) is 0.923. The number of hydrogen-bond donors (Lipinski definition) is 1. The molecule has 0 aliphatic heterocycles. The average molecular weight is 472 g/mol. The van der Waals surface area contributed by atoms with E-state index in [2.05, 4.69) is 10.3 Å². The molecule has 0 aliphatic rings. The topological polar surface area (TPSA) is 91.7 Å². The third kappa shape index (κ3) is 6.27. The maximum atomic E-state index is 13.1. The number of fused-ring (bicyclic) bond motifs is 1. The first-order valence-corrected chi connectivity index (χ1v) is 11.6. The zero-order valence-corrected chi connectivity index (χ0v) is 20.1. The number of aromatic nitrogens is 2. The summed E-state index contributed by atoms with van der Waals surface area (Å²) >= 11 is 1.25. The van der Waals surface area contributed by atoms with E-state index < -0.39 is 5.25 Å². The molecule has 1 N–H and O–H groups in total. The number of ether oxygens (including phenoxy) is 3. The van der Waals surface area contributed by atoms with Crippen molar-refractivity contribution in [2.45, 2.75) is 37.2 Å². The molecule has 0 saturated carbocycles. The van der Waals surface area contributed by atoms with Gasteiger partial charge in [0.05, 0.1) is 30.4 Å². The van der Waals surface area contributed by atoms with Crippen LogP contribution in [-0.2, 0) is 16.1 Å². The van der Waals surface area contributed by atoms with Crippen LogP contribution in [-0.4, -0.2) is 48.1 Å². The Balaban J connectivity index is 1.83. The summed E-state index contributed by atoms with van der Waals surface area (Å²) in [6, 6.07) is 12.4. The summed E-state index contributed by atoms with van der Waals surface area (Å²) < 4.78 is 17.6. The van der Waals surface area contributed by atoms with Crippen molar-refractivity contribution < 1.29 is 19.0 Å². The van der Waals surface area contributed by atoms with Gasteiger partial charge in [-0.2, -0.15) is 0 Å². The number of hydrogen-bond acceptors (Lipinski definition) is 7. The van der Waals surface area contributed by atoms with Gasteiger partial charge >= 0.3 is 0 Å². The second-order valence-electron chi connectivity index (χ2n) is 7.27. The van der Waals surface area contributed by atoms with E-state index in [4.69, 9.17) is 14.2 Å². The van der Waals surface area contributed by atoms with E-state index in [9.17, 15) is 9.59 Å². The number of benzene rings is 2. The van der Waals surface area contributed by atoms with Crippen molar-refractivity contribution in [2.75, 3.05) is 32.8 Å². The quantitative estimate of drug-likeness (QED) is 0.257. The third-order valence-corrected chi connectivity index (χ3v) is 6.06. The number of para-hydroxylation sites is 1. The van der Waals surface area contributed by atoms with Crippen LogP contribution >= 0.6 is 11.8 Å². The van der Waals surface area contributed by atoms with Crippen molar-refractivity contribution in [1.29, 1.82) is 0 Å². The fourth-order valence-corrected chi connectivity index (χ4v) is 4.17. The number of carbonyl (C=O) groups excluding carboxylic acids is 1. The Labute approximate surface area is 197 Å². The molecular formula is C24H29N3O5S. The Morgan fingerprint density at radius 3 is 2.52 bits per heavy atom. The Bertz CT molecular complexity index is 1140. The first-order valence-electron chi connectivity index (χ1n) is 10.7. The number of rotatable bonds is 11. The molecule has 176 valence electrons. The van der Waals surface area contributed by atoms with Gasteiger partial charge in [0.15, 0.2) is 5.16 Å². The molecule has 9 heteroatoms. The van der Waals surface area contributed by atoms with Gasteiger partial charge in [-0.25, -0.2) is 4.98 Å². The number of thioether (sulfide) groups is 1. The Hall–Kier alpha value is -3.04. The van der Waals surface area contributed by atoms with Crippen molar-refractivity contribution >= 4 is 34.3 Å². The van der Waals surface area contributed by atoms with E-state index in [0.717, 1.165) is 0 Å². The van der Waals surface area contributed by atoms with E-state index in [0.29, 0.717) is 59.4 Å². The smallest absolute Gasteiger partial charge is 0.262 e. The Kier molecular flexibility index (Phi) is 8.73. The Morgan fingerprint density at radius 1 is 1.15 bits per heavy atom. The van der Waals surface area contributed by atoms with E-state index in [1.807, 2.05) is 19.1 Å². The van der Waals surface area contributed by atoms with Crippen LogP contribution in [0.15, 0.2) is 52.4 Å². The van der Waals surface area contributed by atoms with Crippen LogP contribution in [0.4, 0.5) is 5.69 Å². The lowest BCUT2D eigenvalue weighted by Gasteiger charge is -2.17. The van der Waals surface area contributed by atoms with Crippen molar-refractivity contribution in [2.24, 2.45) is 0 Å². The van der Waals surface area contributed by atoms with Gasteiger partial charge in [0, 0.05) is 43.6 Å². The molecule has 0 saturated heterocycles. The minimum Gasteiger partial charge on any atom is -0.497 e. The number of carbonyl (C=O) groups is 1. The predicted molar refractivity (Wildman–Crippen MR) is 131 cm³/mol. The van der Waals surface area contributed by atoms with Gasteiger partial charge in [0.2, 0.25) is 5.91 Å². The predicted octanol–water partition coefficient (Wildman–Crippen LogP) is 3.96. The van der Waals surface area contributed by atoms with Gasteiger partial charge in [-0.15, -0.1) is 0 Å². The molecule has 33 heavy (non-hydrogen) atoms. The molecule has 3 aromatic rings. The molecule has 2 aromatic carbocycles. The van der Waals surface area contributed by atoms with E-state index >= 15 is 0 Å². The molecule has 1 aromatic heterocycles. The standard InChI is InChI=1S/C24H29N3O5S/c1-5-32-12-8-11-27-23(29)20-9-6-7-10-21(20)26-24(27)33-16(2)22(28)25-17-13-18(30-3)15-19(14-17)31-4/h6-7,9-10,13-16H,5,8,11-12H2,1-4H3,(H,25,28). The van der Waals surface area contributed by atoms with Crippen molar-refractivity contribution in [3.8, 4) is 11.5 Å². The molecule has 0 aliphatic carbocycles. The van der Waals surface area contributed by atoms with Crippen LogP contribution in [0.1, 0.15) is 20.3 Å². The zero-order chi connectivity index (χ0) is 23.8. The number of anilines is 1. The highest BCUT2D eigenvalue weighted by molar-refractivity contribution is 8.00. The lowest BCUT2D eigenvalue weighted by molar-refractivity contribution is -0.115. The molecule has 0 spiro atoms. The largest absolute Gasteiger partial charge is 0.497 e. The summed E-state index contributed by atoms with van der Waals surface area (Å²) in [4.78, 5) is 30.7. The van der Waals surface area contributed by atoms with E-state index in [1.165, 1.54) is 11.8 Å². The van der Waals surface area contributed by atoms with E-state index in [-0.39, 0.29) is 11.5 Å². The Morgan fingerprint density at radius 2 is 1.85 bits per heavy atom. The van der Waals surface area contributed by atoms with Gasteiger partial charge < -0.3 is 19.5 Å². The molecule has 3 rings (SSSR count). The first-order chi connectivity index (χ1) is 16.0. The first kappa shape index (κ1) is 24.6. The zero-order valence-electron chi connectivity index (χ0n) is 19.3. The molecular weight excluding hydrogens is 442 g/mol. The van der Waals surface area contributed by atoms with Gasteiger partial charge in [-0.3, -0.25) is 14.2 Å². The molecule has 1 unspecified atom stereocenters. The lowest BCUT2D eigenvalue weighted by Crippen LogP contribution is -2.27. The molecule has 1 amide bonds. The van der Waals surface area contributed by atoms with E-state index in [1.54, 1.807) is 56.0 Å². The molecule has 1 heterocycles. The number of nitrogens with one attached hydrogen (secondary N) is 1. The molecule has 0 bridgehead atoms. The summed E-state index contributed by atoms with van der Waals surface area (Å²) in [6.45, 7) is 5.35. The van der Waals surface area contributed by atoms with Gasteiger partial charge in [0.25, 0.3) is 5.56 Å². The van der Waals surface area contributed by atoms with Crippen LogP contribution < -0.4 is 20.3 Å². The minimum atomic E-state index is -0.506. The maximum Gasteiger partial charge on any atom is 0.262 e. The third-order valence-electron chi connectivity index (χ3n) is 4.97. The highest BCUT2D eigenvalue weighted by Gasteiger charge is 2.20. The lowest BCUT2D eigenvalue weighted by atomic mass is 10.2. The second-order valence-corrected chi connectivity index (χ2v) is 8.58. The van der Waals surface area contributed by atoms with Crippen LogP contribution in [0.2, 0.25) is 0 Å². The molecule has 0 radical (unpaired) electrons. The fraction of sp³-hybridized carbons (Fsp3) is 0.375. The van der Waals surface area contributed by atoms with Crippen LogP contribution in [0.25, 0.3) is 10.9 Å². The summed E-state index contributed by atoms with van der Waals surface area (Å²) in [5.41, 5.74) is 1.05. The minimum absolute atomic E-state index is 0.121. The molecule has 1 atom stereocenters. The molecule has 8 nitrogen and oxygen atoms in total. The van der Waals surface area contributed by atoms with Gasteiger partial charge in [-0.05, 0) is 32.4 Å². The van der Waals surface area contributed by atoms with Crippen molar-refractivity contribution in [1.82, 2.24) is 9.55 Å². The fourth-order valence-electron chi connectivity index (χ4n) is 3.24. The number of amides is 1. The SMILES string of the molecule is CCOCCCn1c(SC(C)C(=O)Nc2cc(OC)cc(OC)c2)nc2ccccc2c1=O. The summed E-state index contributed by atoms with van der Waals surface area (Å²) in [7, 11) is 3.10. The van der Waals surface area contributed by atoms with Crippen molar-refractivity contribution in [3.63, 3.8) is 0 Å². The van der Waals surface area contributed by atoms with Crippen LogP contribution in [0.3, 0.4) is 0 Å².